The second kappa shape index (κ2) is 13.4. The van der Waals surface area contributed by atoms with Gasteiger partial charge in [0.25, 0.3) is 11.6 Å². The van der Waals surface area contributed by atoms with E-state index >= 15 is 0 Å². The monoisotopic (exact) mass is 376 g/mol. The van der Waals surface area contributed by atoms with E-state index in [4.69, 9.17) is 0 Å². The van der Waals surface area contributed by atoms with Crippen molar-refractivity contribution in [3.8, 4) is 0 Å². The highest BCUT2D eigenvalue weighted by atomic mass is 16.6. The molecule has 1 aromatic carbocycles. The predicted octanol–water partition coefficient (Wildman–Crippen LogP) is 3.30. The Morgan fingerprint density at radius 2 is 1.67 bits per heavy atom. The number of carbonyl (C=O) groups is 2. The summed E-state index contributed by atoms with van der Waals surface area (Å²) in [5.41, 5.74) is 2.90. The average Bonchev–Trinajstić information content (AvgIpc) is 2.66. The van der Waals surface area contributed by atoms with Crippen LogP contribution >= 0.6 is 0 Å². The van der Waals surface area contributed by atoms with Crippen LogP contribution in [-0.2, 0) is 9.59 Å². The molecule has 0 saturated carbocycles. The Kier molecular flexibility index (Phi) is 11.1. The summed E-state index contributed by atoms with van der Waals surface area (Å²) >= 11 is 0. The molecule has 8 nitrogen and oxygen atoms in total. The Hall–Kier alpha value is -2.77. The Labute approximate surface area is 159 Å². The molecular formula is C19H28N4O4. The Morgan fingerprint density at radius 3 is 2.30 bits per heavy atom. The number of unbranched alkanes of at least 4 members (excludes halogenated alkanes) is 6. The molecule has 0 aliphatic rings. The summed E-state index contributed by atoms with van der Waals surface area (Å²) in [7, 11) is 0. The van der Waals surface area contributed by atoms with E-state index in [2.05, 4.69) is 22.8 Å². The van der Waals surface area contributed by atoms with Crippen LogP contribution in [-0.4, -0.2) is 29.5 Å². The van der Waals surface area contributed by atoms with Crippen molar-refractivity contribution in [3.05, 3.63) is 39.9 Å². The van der Waals surface area contributed by atoms with Crippen molar-refractivity contribution < 1.29 is 14.5 Å². The number of nitrogens with zero attached hydrogens (tertiary/aromatic N) is 2. The van der Waals surface area contributed by atoms with E-state index in [9.17, 15) is 19.7 Å². The largest absolute Gasteiger partial charge is 0.347 e. The van der Waals surface area contributed by atoms with Crippen molar-refractivity contribution in [3.63, 3.8) is 0 Å². The third-order valence-electron chi connectivity index (χ3n) is 3.96. The van der Waals surface area contributed by atoms with Gasteiger partial charge in [0.1, 0.15) is 0 Å². The molecule has 0 atom stereocenters. The lowest BCUT2D eigenvalue weighted by Crippen LogP contribution is -2.34. The number of nitrogens with one attached hydrogen (secondary N) is 2. The van der Waals surface area contributed by atoms with Crippen LogP contribution in [0.25, 0.3) is 0 Å². The van der Waals surface area contributed by atoms with E-state index in [1.165, 1.54) is 56.2 Å². The molecule has 0 aliphatic heterocycles. The van der Waals surface area contributed by atoms with E-state index in [-0.39, 0.29) is 18.1 Å². The first-order chi connectivity index (χ1) is 13.0. The molecule has 2 N–H and O–H groups in total. The SMILES string of the molecule is CCCCCCCCCC(=O)NCC(=O)N/N=C/c1ccc([N+](=O)[O-])cc1. The van der Waals surface area contributed by atoms with Crippen LogP contribution in [0.3, 0.4) is 0 Å². The minimum absolute atomic E-state index is 0.0140. The first kappa shape index (κ1) is 22.3. The molecule has 0 unspecified atom stereocenters. The lowest BCUT2D eigenvalue weighted by Gasteiger charge is -2.04. The van der Waals surface area contributed by atoms with Crippen molar-refractivity contribution in [2.75, 3.05) is 6.54 Å². The first-order valence-corrected chi connectivity index (χ1v) is 9.36. The van der Waals surface area contributed by atoms with Crippen molar-refractivity contribution in [2.45, 2.75) is 58.3 Å². The van der Waals surface area contributed by atoms with Crippen LogP contribution in [0.5, 0.6) is 0 Å². The summed E-state index contributed by atoms with van der Waals surface area (Å²) in [6, 6.07) is 5.76. The first-order valence-electron chi connectivity index (χ1n) is 9.36. The summed E-state index contributed by atoms with van der Waals surface area (Å²) < 4.78 is 0. The van der Waals surface area contributed by atoms with Gasteiger partial charge < -0.3 is 5.32 Å². The second-order valence-electron chi connectivity index (χ2n) is 6.29. The molecule has 0 fully saturated rings. The molecule has 27 heavy (non-hydrogen) atoms. The molecule has 0 bridgehead atoms. The Balaban J connectivity index is 2.13. The fraction of sp³-hybridized carbons (Fsp3) is 0.526. The van der Waals surface area contributed by atoms with Crippen molar-refractivity contribution in [1.82, 2.24) is 10.7 Å². The minimum atomic E-state index is -0.488. The standard InChI is InChI=1S/C19H28N4O4/c1-2-3-4-5-6-7-8-9-18(24)20-15-19(25)22-21-14-16-10-12-17(13-11-16)23(26)27/h10-14H,2-9,15H2,1H3,(H,20,24)(H,22,25)/b21-14+. The van der Waals surface area contributed by atoms with E-state index in [1.807, 2.05) is 0 Å². The zero-order valence-electron chi connectivity index (χ0n) is 15.8. The maximum Gasteiger partial charge on any atom is 0.269 e. The molecule has 0 saturated heterocycles. The topological polar surface area (TPSA) is 114 Å². The zero-order chi connectivity index (χ0) is 19.9. The molecule has 1 rings (SSSR count). The van der Waals surface area contributed by atoms with E-state index in [0.717, 1.165) is 19.3 Å². The van der Waals surface area contributed by atoms with Gasteiger partial charge in [0, 0.05) is 18.6 Å². The fourth-order valence-electron chi connectivity index (χ4n) is 2.41. The smallest absolute Gasteiger partial charge is 0.269 e. The summed E-state index contributed by atoms with van der Waals surface area (Å²) in [6.07, 6.45) is 9.76. The van der Waals surface area contributed by atoms with Crippen LogP contribution in [0.4, 0.5) is 5.69 Å². The van der Waals surface area contributed by atoms with E-state index in [0.29, 0.717) is 12.0 Å². The van der Waals surface area contributed by atoms with Crippen molar-refractivity contribution in [1.29, 1.82) is 0 Å². The Morgan fingerprint density at radius 1 is 1.04 bits per heavy atom. The number of hydrazone groups is 1. The van der Waals surface area contributed by atoms with Gasteiger partial charge in [0.15, 0.2) is 0 Å². The number of hydrogen-bond donors (Lipinski definition) is 2. The molecule has 8 heteroatoms. The molecule has 0 radical (unpaired) electrons. The van der Waals surface area contributed by atoms with Crippen LogP contribution in [0.2, 0.25) is 0 Å². The molecule has 148 valence electrons. The van der Waals surface area contributed by atoms with Gasteiger partial charge in [-0.1, -0.05) is 45.4 Å². The van der Waals surface area contributed by atoms with Gasteiger partial charge in [0.05, 0.1) is 17.7 Å². The van der Waals surface area contributed by atoms with Crippen LogP contribution in [0, 0.1) is 10.1 Å². The third-order valence-corrected chi connectivity index (χ3v) is 3.96. The van der Waals surface area contributed by atoms with Gasteiger partial charge >= 0.3 is 0 Å². The van der Waals surface area contributed by atoms with Gasteiger partial charge in [-0.3, -0.25) is 19.7 Å². The molecular weight excluding hydrogens is 348 g/mol. The summed E-state index contributed by atoms with van der Waals surface area (Å²) in [5.74, 6) is -0.570. The summed E-state index contributed by atoms with van der Waals surface area (Å²) in [5, 5.41) is 16.9. The number of hydrogen-bond acceptors (Lipinski definition) is 5. The number of rotatable bonds is 13. The highest BCUT2D eigenvalue weighted by molar-refractivity contribution is 5.86. The van der Waals surface area contributed by atoms with Crippen LogP contribution in [0.1, 0.15) is 63.9 Å². The summed E-state index contributed by atoms with van der Waals surface area (Å²) in [4.78, 5) is 33.4. The molecule has 0 spiro atoms. The van der Waals surface area contributed by atoms with Gasteiger partial charge in [-0.2, -0.15) is 5.10 Å². The highest BCUT2D eigenvalue weighted by Crippen LogP contribution is 2.10. The van der Waals surface area contributed by atoms with Gasteiger partial charge in [-0.25, -0.2) is 5.43 Å². The number of carbonyl (C=O) groups excluding carboxylic acids is 2. The van der Waals surface area contributed by atoms with Crippen LogP contribution < -0.4 is 10.7 Å². The zero-order valence-corrected chi connectivity index (χ0v) is 15.8. The number of benzene rings is 1. The van der Waals surface area contributed by atoms with Crippen LogP contribution in [0.15, 0.2) is 29.4 Å². The lowest BCUT2D eigenvalue weighted by molar-refractivity contribution is -0.384. The average molecular weight is 376 g/mol. The second-order valence-corrected chi connectivity index (χ2v) is 6.29. The molecule has 2 amide bonds. The normalized spacial score (nSPS) is 10.7. The van der Waals surface area contributed by atoms with E-state index in [1.54, 1.807) is 0 Å². The minimum Gasteiger partial charge on any atom is -0.347 e. The maximum atomic E-state index is 11.7. The number of nitro groups is 1. The lowest BCUT2D eigenvalue weighted by atomic mass is 10.1. The maximum absolute atomic E-state index is 11.7. The highest BCUT2D eigenvalue weighted by Gasteiger charge is 2.05. The van der Waals surface area contributed by atoms with Gasteiger partial charge in [-0.15, -0.1) is 0 Å². The molecule has 0 aliphatic carbocycles. The molecule has 0 aromatic heterocycles. The number of nitro benzene ring substituents is 1. The van der Waals surface area contributed by atoms with Crippen molar-refractivity contribution >= 4 is 23.7 Å². The predicted molar refractivity (Wildman–Crippen MR) is 104 cm³/mol. The number of amides is 2. The molecule has 0 heterocycles. The van der Waals surface area contributed by atoms with Gasteiger partial charge in [-0.05, 0) is 24.1 Å². The fourth-order valence-corrected chi connectivity index (χ4v) is 2.41. The summed E-state index contributed by atoms with van der Waals surface area (Å²) in [6.45, 7) is 2.05. The van der Waals surface area contributed by atoms with Gasteiger partial charge in [0.2, 0.25) is 5.91 Å². The quantitative estimate of drug-likeness (QED) is 0.238. The van der Waals surface area contributed by atoms with Crippen molar-refractivity contribution in [2.24, 2.45) is 5.10 Å². The Bertz CT molecular complexity index is 629. The number of non-ortho nitro benzene ring substituents is 1. The molecule has 1 aromatic rings. The third kappa shape index (κ3) is 10.7. The van der Waals surface area contributed by atoms with E-state index < -0.39 is 10.8 Å².